The average molecular weight is 165 g/mol. The molecule has 0 fully saturated rings. The van der Waals surface area contributed by atoms with Crippen molar-refractivity contribution in [3.05, 3.63) is 29.6 Å². The first-order valence-electron chi connectivity index (χ1n) is 4.22. The molecule has 0 aliphatic carbocycles. The summed E-state index contributed by atoms with van der Waals surface area (Å²) in [5.74, 6) is 0. The van der Waals surface area contributed by atoms with E-state index in [-0.39, 0.29) is 0 Å². The summed E-state index contributed by atoms with van der Waals surface area (Å²) in [6.07, 6.45) is 2.67. The van der Waals surface area contributed by atoms with Crippen molar-refractivity contribution in [1.29, 1.82) is 0 Å². The summed E-state index contributed by atoms with van der Waals surface area (Å²) in [7, 11) is 0. The lowest BCUT2D eigenvalue weighted by Crippen LogP contribution is -2.15. The first kappa shape index (κ1) is 9.20. The fourth-order valence-electron chi connectivity index (χ4n) is 0.996. The van der Waals surface area contributed by atoms with Gasteiger partial charge in [0.15, 0.2) is 0 Å². The van der Waals surface area contributed by atoms with Gasteiger partial charge in [-0.2, -0.15) is 0 Å². The van der Waals surface area contributed by atoms with E-state index in [9.17, 15) is 5.11 Å². The van der Waals surface area contributed by atoms with Gasteiger partial charge in [-0.15, -0.1) is 0 Å². The van der Waals surface area contributed by atoms with Crippen LogP contribution in [0.1, 0.15) is 32.0 Å². The van der Waals surface area contributed by atoms with E-state index in [0.29, 0.717) is 0 Å². The topological polar surface area (TPSA) is 33.1 Å². The molecule has 2 heteroatoms. The lowest BCUT2D eigenvalue weighted by molar-refractivity contribution is 0.0782. The number of aliphatic hydroxyl groups is 1. The lowest BCUT2D eigenvalue weighted by atomic mass is 10.0. The van der Waals surface area contributed by atoms with Gasteiger partial charge in [-0.1, -0.05) is 13.0 Å². The zero-order valence-corrected chi connectivity index (χ0v) is 7.83. The Bertz CT molecular complexity index is 246. The number of pyridine rings is 1. The van der Waals surface area contributed by atoms with Gasteiger partial charge in [-0.25, -0.2) is 0 Å². The molecule has 0 unspecified atom stereocenters. The van der Waals surface area contributed by atoms with Gasteiger partial charge in [0.2, 0.25) is 0 Å². The fraction of sp³-hybridized carbons (Fsp3) is 0.500. The van der Waals surface area contributed by atoms with Crippen molar-refractivity contribution < 1.29 is 5.11 Å². The van der Waals surface area contributed by atoms with Crippen LogP contribution >= 0.6 is 0 Å². The minimum atomic E-state index is -0.779. The zero-order chi connectivity index (χ0) is 9.19. The van der Waals surface area contributed by atoms with Gasteiger partial charge < -0.3 is 5.11 Å². The Morgan fingerprint density at radius 3 is 2.42 bits per heavy atom. The Morgan fingerprint density at radius 1 is 1.42 bits per heavy atom. The molecule has 0 aromatic carbocycles. The van der Waals surface area contributed by atoms with Crippen LogP contribution in [-0.4, -0.2) is 10.1 Å². The minimum Gasteiger partial charge on any atom is -0.386 e. The van der Waals surface area contributed by atoms with E-state index >= 15 is 0 Å². The van der Waals surface area contributed by atoms with Crippen LogP contribution in [0.5, 0.6) is 0 Å². The second kappa shape index (κ2) is 3.23. The smallest absolute Gasteiger partial charge is 0.0855 e. The SMILES string of the molecule is CCc1ccc(C(C)(C)O)cn1. The Morgan fingerprint density at radius 2 is 2.08 bits per heavy atom. The third-order valence-electron chi connectivity index (χ3n) is 1.89. The quantitative estimate of drug-likeness (QED) is 0.725. The Hall–Kier alpha value is -0.890. The van der Waals surface area contributed by atoms with Crippen molar-refractivity contribution in [2.24, 2.45) is 0 Å². The maximum absolute atomic E-state index is 9.61. The molecule has 2 nitrogen and oxygen atoms in total. The summed E-state index contributed by atoms with van der Waals surface area (Å²) in [6, 6.07) is 3.87. The summed E-state index contributed by atoms with van der Waals surface area (Å²) in [5.41, 5.74) is 1.14. The molecule has 0 radical (unpaired) electrons. The monoisotopic (exact) mass is 165 g/mol. The van der Waals surface area contributed by atoms with E-state index in [0.717, 1.165) is 17.7 Å². The van der Waals surface area contributed by atoms with Crippen molar-refractivity contribution >= 4 is 0 Å². The highest BCUT2D eigenvalue weighted by atomic mass is 16.3. The number of aromatic nitrogens is 1. The third-order valence-corrected chi connectivity index (χ3v) is 1.89. The van der Waals surface area contributed by atoms with Gasteiger partial charge in [0.25, 0.3) is 0 Å². The Labute approximate surface area is 73.3 Å². The van der Waals surface area contributed by atoms with Gasteiger partial charge in [-0.05, 0) is 26.3 Å². The largest absolute Gasteiger partial charge is 0.386 e. The standard InChI is InChI=1S/C10H15NO/c1-4-9-6-5-8(7-11-9)10(2,3)12/h5-7,12H,4H2,1-3H3. The van der Waals surface area contributed by atoms with Crippen molar-refractivity contribution in [3.63, 3.8) is 0 Å². The maximum Gasteiger partial charge on any atom is 0.0855 e. The van der Waals surface area contributed by atoms with E-state index in [1.807, 2.05) is 12.1 Å². The van der Waals surface area contributed by atoms with E-state index in [4.69, 9.17) is 0 Å². The molecule has 0 amide bonds. The second-order valence-electron chi connectivity index (χ2n) is 3.45. The molecular formula is C10H15NO. The maximum atomic E-state index is 9.61. The van der Waals surface area contributed by atoms with Gasteiger partial charge >= 0.3 is 0 Å². The van der Waals surface area contributed by atoms with E-state index in [2.05, 4.69) is 11.9 Å². The first-order valence-corrected chi connectivity index (χ1v) is 4.22. The average Bonchev–Trinajstić information content (AvgIpc) is 2.03. The van der Waals surface area contributed by atoms with Crippen LogP contribution in [0.15, 0.2) is 18.3 Å². The van der Waals surface area contributed by atoms with Crippen molar-refractivity contribution in [2.45, 2.75) is 32.8 Å². The molecule has 1 aromatic rings. The Kier molecular flexibility index (Phi) is 2.48. The number of aryl methyl sites for hydroxylation is 1. The molecule has 0 aliphatic heterocycles. The van der Waals surface area contributed by atoms with Crippen molar-refractivity contribution in [2.75, 3.05) is 0 Å². The number of hydrogen-bond acceptors (Lipinski definition) is 2. The lowest BCUT2D eigenvalue weighted by Gasteiger charge is -2.16. The van der Waals surface area contributed by atoms with Crippen LogP contribution in [0.25, 0.3) is 0 Å². The molecule has 0 aliphatic rings. The highest BCUT2D eigenvalue weighted by Crippen LogP contribution is 2.18. The van der Waals surface area contributed by atoms with Crippen LogP contribution in [0, 0.1) is 0 Å². The van der Waals surface area contributed by atoms with Crippen LogP contribution in [0.2, 0.25) is 0 Å². The molecule has 66 valence electrons. The third kappa shape index (κ3) is 2.05. The molecule has 1 N–H and O–H groups in total. The molecule has 0 saturated carbocycles. The second-order valence-corrected chi connectivity index (χ2v) is 3.45. The van der Waals surface area contributed by atoms with Crippen LogP contribution in [0.3, 0.4) is 0 Å². The molecule has 0 atom stereocenters. The number of hydrogen-bond donors (Lipinski definition) is 1. The summed E-state index contributed by atoms with van der Waals surface area (Å²) >= 11 is 0. The normalized spacial score (nSPS) is 11.7. The minimum absolute atomic E-state index is 0.779. The molecule has 0 saturated heterocycles. The molecule has 12 heavy (non-hydrogen) atoms. The molecule has 1 aromatic heterocycles. The molecule has 0 bridgehead atoms. The highest BCUT2D eigenvalue weighted by molar-refractivity contribution is 5.19. The summed E-state index contributed by atoms with van der Waals surface area (Å²) in [4.78, 5) is 4.20. The summed E-state index contributed by atoms with van der Waals surface area (Å²) in [5, 5.41) is 9.61. The van der Waals surface area contributed by atoms with Crippen molar-refractivity contribution in [1.82, 2.24) is 4.98 Å². The van der Waals surface area contributed by atoms with Crippen LogP contribution in [-0.2, 0) is 12.0 Å². The van der Waals surface area contributed by atoms with E-state index in [1.54, 1.807) is 20.0 Å². The summed E-state index contributed by atoms with van der Waals surface area (Å²) in [6.45, 7) is 5.58. The molecule has 1 heterocycles. The summed E-state index contributed by atoms with van der Waals surface area (Å²) < 4.78 is 0. The molecular weight excluding hydrogens is 150 g/mol. The van der Waals surface area contributed by atoms with Gasteiger partial charge in [-0.3, -0.25) is 4.98 Å². The number of rotatable bonds is 2. The van der Waals surface area contributed by atoms with Gasteiger partial charge in [0, 0.05) is 17.5 Å². The predicted molar refractivity (Wildman–Crippen MR) is 48.9 cm³/mol. The van der Waals surface area contributed by atoms with Crippen molar-refractivity contribution in [3.8, 4) is 0 Å². The molecule has 1 rings (SSSR count). The van der Waals surface area contributed by atoms with E-state index < -0.39 is 5.60 Å². The Balaban J connectivity index is 2.93. The van der Waals surface area contributed by atoms with Crippen LogP contribution < -0.4 is 0 Å². The fourth-order valence-corrected chi connectivity index (χ4v) is 0.996. The number of nitrogens with zero attached hydrogens (tertiary/aromatic N) is 1. The highest BCUT2D eigenvalue weighted by Gasteiger charge is 2.15. The van der Waals surface area contributed by atoms with Gasteiger partial charge in [0.05, 0.1) is 5.60 Å². The van der Waals surface area contributed by atoms with Crippen LogP contribution in [0.4, 0.5) is 0 Å². The molecule has 0 spiro atoms. The van der Waals surface area contributed by atoms with E-state index in [1.165, 1.54) is 0 Å². The predicted octanol–water partition coefficient (Wildman–Crippen LogP) is 1.87. The van der Waals surface area contributed by atoms with Gasteiger partial charge in [0.1, 0.15) is 0 Å². The zero-order valence-electron chi connectivity index (χ0n) is 7.83. The first-order chi connectivity index (χ1) is 5.54.